The molecule has 0 amide bonds. The topological polar surface area (TPSA) is 18.5 Å². The summed E-state index contributed by atoms with van der Waals surface area (Å²) in [5, 5.41) is 4.48. The Labute approximate surface area is 132 Å². The Morgan fingerprint density at radius 2 is 1.81 bits per heavy atom. The van der Waals surface area contributed by atoms with E-state index >= 15 is 0 Å². The van der Waals surface area contributed by atoms with Crippen LogP contribution in [-0.2, 0) is 6.54 Å². The first-order chi connectivity index (χ1) is 10.3. The molecule has 4 heteroatoms. The van der Waals surface area contributed by atoms with Crippen LogP contribution in [0.3, 0.4) is 0 Å². The number of halogens is 1. The number of piperazine rings is 1. The van der Waals surface area contributed by atoms with Gasteiger partial charge >= 0.3 is 0 Å². The average molecular weight is 306 g/mol. The van der Waals surface area contributed by atoms with Crippen molar-refractivity contribution in [2.24, 2.45) is 0 Å². The largest absolute Gasteiger partial charge is 0.369 e. The van der Waals surface area contributed by atoms with Crippen LogP contribution in [0.15, 0.2) is 18.2 Å². The summed E-state index contributed by atoms with van der Waals surface area (Å²) in [6.45, 7) is 5.64. The summed E-state index contributed by atoms with van der Waals surface area (Å²) < 4.78 is 0. The molecule has 2 aliphatic carbocycles. The Balaban J connectivity index is 1.45. The Kier molecular flexibility index (Phi) is 3.82. The fraction of sp³-hybridized carbons (Fsp3) is 0.647. The average Bonchev–Trinajstić information content (AvgIpc) is 3.39. The van der Waals surface area contributed by atoms with Crippen molar-refractivity contribution in [3.63, 3.8) is 0 Å². The van der Waals surface area contributed by atoms with Crippen molar-refractivity contribution in [1.82, 2.24) is 10.2 Å². The predicted molar refractivity (Wildman–Crippen MR) is 88.1 cm³/mol. The van der Waals surface area contributed by atoms with Crippen LogP contribution >= 0.6 is 11.6 Å². The molecule has 114 valence electrons. The fourth-order valence-electron chi connectivity index (χ4n) is 3.29. The van der Waals surface area contributed by atoms with Gasteiger partial charge in [-0.15, -0.1) is 0 Å². The molecule has 1 aromatic rings. The van der Waals surface area contributed by atoms with Crippen LogP contribution < -0.4 is 10.2 Å². The van der Waals surface area contributed by atoms with Gasteiger partial charge in [-0.2, -0.15) is 0 Å². The van der Waals surface area contributed by atoms with Gasteiger partial charge in [0.15, 0.2) is 0 Å². The molecule has 1 saturated heterocycles. The minimum absolute atomic E-state index is 0.750. The Morgan fingerprint density at radius 3 is 2.48 bits per heavy atom. The van der Waals surface area contributed by atoms with Crippen LogP contribution in [0, 0.1) is 0 Å². The molecule has 1 aromatic carbocycles. The van der Waals surface area contributed by atoms with E-state index in [1.807, 2.05) is 6.07 Å². The lowest BCUT2D eigenvalue weighted by Crippen LogP contribution is -2.47. The number of nitrogens with zero attached hydrogens (tertiary/aromatic N) is 2. The van der Waals surface area contributed by atoms with Crippen LogP contribution in [0.25, 0.3) is 0 Å². The third kappa shape index (κ3) is 3.36. The summed E-state index contributed by atoms with van der Waals surface area (Å²) in [5.41, 5.74) is 2.73. The normalized spacial score (nSPS) is 23.6. The van der Waals surface area contributed by atoms with Gasteiger partial charge in [-0.3, -0.25) is 4.90 Å². The second kappa shape index (κ2) is 5.79. The molecular weight excluding hydrogens is 282 g/mol. The quantitative estimate of drug-likeness (QED) is 0.902. The van der Waals surface area contributed by atoms with Crippen molar-refractivity contribution in [1.29, 1.82) is 0 Å². The highest BCUT2D eigenvalue weighted by molar-refractivity contribution is 6.30. The molecule has 1 aliphatic heterocycles. The molecule has 0 spiro atoms. The van der Waals surface area contributed by atoms with Gasteiger partial charge in [-0.05, 0) is 43.4 Å². The van der Waals surface area contributed by atoms with E-state index in [4.69, 9.17) is 11.6 Å². The van der Waals surface area contributed by atoms with Gasteiger partial charge in [0.05, 0.1) is 0 Å². The Hall–Kier alpha value is -0.770. The van der Waals surface area contributed by atoms with E-state index in [1.165, 1.54) is 50.0 Å². The first-order valence-corrected chi connectivity index (χ1v) is 8.68. The molecular formula is C17H24ClN3. The van der Waals surface area contributed by atoms with E-state index in [-0.39, 0.29) is 0 Å². The maximum atomic E-state index is 6.24. The number of rotatable bonds is 5. The first-order valence-electron chi connectivity index (χ1n) is 8.30. The molecule has 0 unspecified atom stereocenters. The number of benzene rings is 1. The molecule has 0 radical (unpaired) electrons. The van der Waals surface area contributed by atoms with E-state index in [1.54, 1.807) is 0 Å². The molecule has 2 saturated carbocycles. The number of anilines is 1. The number of hydrogen-bond donors (Lipinski definition) is 1. The van der Waals surface area contributed by atoms with E-state index in [0.29, 0.717) is 0 Å². The smallest absolute Gasteiger partial charge is 0.0427 e. The van der Waals surface area contributed by atoms with Crippen LogP contribution in [0.4, 0.5) is 5.69 Å². The molecule has 1 heterocycles. The number of nitrogens with one attached hydrogen (secondary N) is 1. The lowest BCUT2D eigenvalue weighted by molar-refractivity contribution is 0.248. The Morgan fingerprint density at radius 1 is 1.05 bits per heavy atom. The lowest BCUT2D eigenvalue weighted by Gasteiger charge is -2.37. The van der Waals surface area contributed by atoms with Crippen molar-refractivity contribution < 1.29 is 0 Å². The monoisotopic (exact) mass is 305 g/mol. The molecule has 0 bridgehead atoms. The summed E-state index contributed by atoms with van der Waals surface area (Å²) in [5.74, 6) is 0. The van der Waals surface area contributed by atoms with E-state index in [2.05, 4.69) is 27.2 Å². The van der Waals surface area contributed by atoms with Crippen molar-refractivity contribution in [2.75, 3.05) is 31.1 Å². The minimum atomic E-state index is 0.750. The molecule has 0 atom stereocenters. The van der Waals surface area contributed by atoms with Crippen molar-refractivity contribution in [3.8, 4) is 0 Å². The van der Waals surface area contributed by atoms with Crippen molar-refractivity contribution >= 4 is 17.3 Å². The van der Waals surface area contributed by atoms with Crippen molar-refractivity contribution in [2.45, 2.75) is 44.3 Å². The standard InChI is InChI=1S/C17H24ClN3/c18-14-2-1-13(12-19-15-3-4-15)17(11-14)21-9-7-20(8-10-21)16-5-6-16/h1-2,11,15-16,19H,3-10,12H2. The van der Waals surface area contributed by atoms with Gasteiger partial charge < -0.3 is 10.2 Å². The van der Waals surface area contributed by atoms with Crippen LogP contribution in [0.1, 0.15) is 31.2 Å². The zero-order chi connectivity index (χ0) is 14.2. The SMILES string of the molecule is Clc1ccc(CNC2CC2)c(N2CCN(C3CC3)CC2)c1. The second-order valence-electron chi connectivity index (χ2n) is 6.68. The van der Waals surface area contributed by atoms with Crippen molar-refractivity contribution in [3.05, 3.63) is 28.8 Å². The summed E-state index contributed by atoms with van der Waals surface area (Å²) in [6.07, 6.45) is 5.49. The van der Waals surface area contributed by atoms with E-state index in [9.17, 15) is 0 Å². The number of hydrogen-bond acceptors (Lipinski definition) is 3. The highest BCUT2D eigenvalue weighted by atomic mass is 35.5. The third-order valence-corrected chi connectivity index (χ3v) is 5.16. The van der Waals surface area contributed by atoms with E-state index < -0.39 is 0 Å². The zero-order valence-corrected chi connectivity index (χ0v) is 13.3. The molecule has 3 nitrogen and oxygen atoms in total. The summed E-state index contributed by atoms with van der Waals surface area (Å²) in [7, 11) is 0. The van der Waals surface area contributed by atoms with Gasteiger partial charge in [0.25, 0.3) is 0 Å². The highest BCUT2D eigenvalue weighted by Gasteiger charge is 2.31. The third-order valence-electron chi connectivity index (χ3n) is 4.92. The zero-order valence-electron chi connectivity index (χ0n) is 12.5. The van der Waals surface area contributed by atoms with E-state index in [0.717, 1.165) is 36.7 Å². The van der Waals surface area contributed by atoms with Crippen LogP contribution in [0.5, 0.6) is 0 Å². The lowest BCUT2D eigenvalue weighted by atomic mass is 10.1. The van der Waals surface area contributed by atoms with Crippen LogP contribution in [0.2, 0.25) is 5.02 Å². The molecule has 21 heavy (non-hydrogen) atoms. The van der Waals surface area contributed by atoms with Crippen LogP contribution in [-0.4, -0.2) is 43.2 Å². The molecule has 1 N–H and O–H groups in total. The summed E-state index contributed by atoms with van der Waals surface area (Å²) in [6, 6.07) is 8.01. The molecule has 3 fully saturated rings. The second-order valence-corrected chi connectivity index (χ2v) is 7.12. The Bertz CT molecular complexity index is 503. The summed E-state index contributed by atoms with van der Waals surface area (Å²) >= 11 is 6.24. The molecule has 0 aromatic heterocycles. The first kappa shape index (κ1) is 13.9. The van der Waals surface area contributed by atoms with Gasteiger partial charge in [-0.1, -0.05) is 17.7 Å². The summed E-state index contributed by atoms with van der Waals surface area (Å²) in [4.78, 5) is 5.18. The molecule has 4 rings (SSSR count). The maximum Gasteiger partial charge on any atom is 0.0427 e. The molecule has 3 aliphatic rings. The van der Waals surface area contributed by atoms with Gasteiger partial charge in [-0.25, -0.2) is 0 Å². The van der Waals surface area contributed by atoms with Gasteiger partial charge in [0, 0.05) is 55.5 Å². The predicted octanol–water partition coefficient (Wildman–Crippen LogP) is 2.88. The van der Waals surface area contributed by atoms with Gasteiger partial charge in [0.1, 0.15) is 0 Å². The minimum Gasteiger partial charge on any atom is -0.369 e. The maximum absolute atomic E-state index is 6.24. The highest BCUT2D eigenvalue weighted by Crippen LogP contribution is 2.31. The van der Waals surface area contributed by atoms with Gasteiger partial charge in [0.2, 0.25) is 0 Å². The fourth-order valence-corrected chi connectivity index (χ4v) is 3.46.